The van der Waals surface area contributed by atoms with Gasteiger partial charge < -0.3 is 9.64 Å². The maximum atomic E-state index is 9.19. The van der Waals surface area contributed by atoms with Gasteiger partial charge in [-0.05, 0) is 30.7 Å². The number of fused-ring (bicyclic) bond motifs is 1. The van der Waals surface area contributed by atoms with E-state index in [1.807, 2.05) is 37.4 Å². The summed E-state index contributed by atoms with van der Waals surface area (Å²) in [5, 5.41) is 9.19. The van der Waals surface area contributed by atoms with Gasteiger partial charge in [0.1, 0.15) is 17.9 Å². The van der Waals surface area contributed by atoms with Gasteiger partial charge in [-0.15, -0.1) is 0 Å². The second kappa shape index (κ2) is 5.49. The molecule has 0 radical (unpaired) electrons. The number of para-hydroxylation sites is 1. The fourth-order valence-electron chi connectivity index (χ4n) is 2.86. The highest BCUT2D eigenvalue weighted by atomic mass is 16.5. The summed E-state index contributed by atoms with van der Waals surface area (Å²) in [6.45, 7) is 2.87. The molecule has 0 saturated carbocycles. The molecule has 21 heavy (non-hydrogen) atoms. The van der Waals surface area contributed by atoms with Gasteiger partial charge in [-0.3, -0.25) is 0 Å². The summed E-state index contributed by atoms with van der Waals surface area (Å²) in [6.07, 6.45) is 1.06. The Bertz CT molecular complexity index is 703. The molecule has 0 N–H and O–H groups in total. The summed E-state index contributed by atoms with van der Waals surface area (Å²) in [6, 6.07) is 16.2. The zero-order valence-corrected chi connectivity index (χ0v) is 12.3. The van der Waals surface area contributed by atoms with Crippen LogP contribution < -0.4 is 9.64 Å². The van der Waals surface area contributed by atoms with Crippen LogP contribution in [-0.4, -0.2) is 19.7 Å². The number of nitrogens with zero attached hydrogens (tertiary/aromatic N) is 2. The van der Waals surface area contributed by atoms with Crippen molar-refractivity contribution in [2.24, 2.45) is 0 Å². The quantitative estimate of drug-likeness (QED) is 0.864. The maximum Gasteiger partial charge on any atom is 0.123 e. The van der Waals surface area contributed by atoms with Gasteiger partial charge in [0, 0.05) is 13.5 Å². The molecule has 3 nitrogen and oxygen atoms in total. The Balaban J connectivity index is 1.73. The zero-order chi connectivity index (χ0) is 14.8. The van der Waals surface area contributed by atoms with Crippen molar-refractivity contribution in [2.75, 3.05) is 18.5 Å². The first-order valence-corrected chi connectivity index (χ1v) is 7.14. The molecule has 3 heteroatoms. The Morgan fingerprint density at radius 2 is 2.10 bits per heavy atom. The second-order valence-electron chi connectivity index (χ2n) is 5.56. The third-order valence-corrected chi connectivity index (χ3v) is 3.87. The highest BCUT2D eigenvalue weighted by molar-refractivity contribution is 5.58. The average molecular weight is 278 g/mol. The average Bonchev–Trinajstić information content (AvgIpc) is 2.88. The van der Waals surface area contributed by atoms with Crippen molar-refractivity contribution in [3.8, 4) is 11.8 Å². The highest BCUT2D eigenvalue weighted by Gasteiger charge is 2.24. The number of anilines is 1. The van der Waals surface area contributed by atoms with Crippen LogP contribution in [0.1, 0.15) is 16.7 Å². The molecule has 0 bridgehead atoms. The molecule has 1 heterocycles. The van der Waals surface area contributed by atoms with E-state index < -0.39 is 0 Å². The minimum Gasteiger partial charge on any atom is -0.488 e. The normalized spacial score (nSPS) is 16.0. The van der Waals surface area contributed by atoms with Gasteiger partial charge in [0.05, 0.1) is 17.8 Å². The van der Waals surface area contributed by atoms with Crippen LogP contribution in [0, 0.1) is 18.3 Å². The second-order valence-corrected chi connectivity index (χ2v) is 5.56. The molecule has 0 aliphatic carbocycles. The van der Waals surface area contributed by atoms with Crippen molar-refractivity contribution in [2.45, 2.75) is 19.4 Å². The molecular formula is C18H18N2O. The van der Waals surface area contributed by atoms with Gasteiger partial charge in [0.15, 0.2) is 0 Å². The van der Waals surface area contributed by atoms with Crippen LogP contribution >= 0.6 is 0 Å². The van der Waals surface area contributed by atoms with Crippen molar-refractivity contribution in [1.82, 2.24) is 0 Å². The largest absolute Gasteiger partial charge is 0.488 e. The Kier molecular flexibility index (Phi) is 3.53. The van der Waals surface area contributed by atoms with E-state index in [1.165, 1.54) is 11.1 Å². The van der Waals surface area contributed by atoms with Crippen LogP contribution in [-0.2, 0) is 6.42 Å². The lowest BCUT2D eigenvalue weighted by molar-refractivity contribution is 0.239. The SMILES string of the molecule is Cc1ccc2c(c1)CC(CN(C)c1ccccc1C#N)O2. The maximum absolute atomic E-state index is 9.19. The van der Waals surface area contributed by atoms with E-state index in [-0.39, 0.29) is 6.10 Å². The Labute approximate surface area is 125 Å². The predicted octanol–water partition coefficient (Wildman–Crippen LogP) is 3.31. The van der Waals surface area contributed by atoms with Crippen molar-refractivity contribution in [3.63, 3.8) is 0 Å². The molecule has 0 aromatic heterocycles. The van der Waals surface area contributed by atoms with Crippen LogP contribution in [0.15, 0.2) is 42.5 Å². The van der Waals surface area contributed by atoms with E-state index in [2.05, 4.69) is 30.0 Å². The molecule has 1 aliphatic rings. The number of aryl methyl sites for hydroxylation is 1. The van der Waals surface area contributed by atoms with Crippen LogP contribution in [0.4, 0.5) is 5.69 Å². The Morgan fingerprint density at radius 3 is 2.90 bits per heavy atom. The first kappa shape index (κ1) is 13.5. The summed E-state index contributed by atoms with van der Waals surface area (Å²) in [7, 11) is 2.01. The van der Waals surface area contributed by atoms with E-state index in [1.54, 1.807) is 0 Å². The predicted molar refractivity (Wildman–Crippen MR) is 83.7 cm³/mol. The smallest absolute Gasteiger partial charge is 0.123 e. The number of likely N-dealkylation sites (N-methyl/N-ethyl adjacent to an activating group) is 1. The van der Waals surface area contributed by atoms with Crippen molar-refractivity contribution < 1.29 is 4.74 Å². The fraction of sp³-hybridized carbons (Fsp3) is 0.278. The molecule has 0 fully saturated rings. The standard InChI is InChI=1S/C18H18N2O/c1-13-7-8-18-15(9-13)10-16(21-18)12-20(2)17-6-4-3-5-14(17)11-19/h3-9,16H,10,12H2,1-2H3. The van der Waals surface area contributed by atoms with Crippen LogP contribution in [0.25, 0.3) is 0 Å². The first-order valence-electron chi connectivity index (χ1n) is 7.14. The van der Waals surface area contributed by atoms with Crippen molar-refractivity contribution in [1.29, 1.82) is 5.26 Å². The number of hydrogen-bond donors (Lipinski definition) is 0. The van der Waals surface area contributed by atoms with Crippen molar-refractivity contribution >= 4 is 5.69 Å². The monoisotopic (exact) mass is 278 g/mol. The van der Waals surface area contributed by atoms with Gasteiger partial charge in [-0.25, -0.2) is 0 Å². The molecule has 0 spiro atoms. The number of benzene rings is 2. The Hall–Kier alpha value is -2.47. The molecular weight excluding hydrogens is 260 g/mol. The molecule has 1 atom stereocenters. The van der Waals surface area contributed by atoms with Crippen molar-refractivity contribution in [3.05, 3.63) is 59.2 Å². The zero-order valence-electron chi connectivity index (χ0n) is 12.3. The lowest BCUT2D eigenvalue weighted by Crippen LogP contribution is -2.32. The Morgan fingerprint density at radius 1 is 1.29 bits per heavy atom. The molecule has 3 rings (SSSR count). The molecule has 0 amide bonds. The molecule has 1 unspecified atom stereocenters. The van der Waals surface area contributed by atoms with Crippen LogP contribution in [0.5, 0.6) is 5.75 Å². The van der Waals surface area contributed by atoms with Gasteiger partial charge in [-0.1, -0.05) is 29.8 Å². The fourth-order valence-corrected chi connectivity index (χ4v) is 2.86. The third-order valence-electron chi connectivity index (χ3n) is 3.87. The van der Waals surface area contributed by atoms with E-state index in [0.29, 0.717) is 5.56 Å². The summed E-state index contributed by atoms with van der Waals surface area (Å²) in [5.74, 6) is 0.993. The van der Waals surface area contributed by atoms with Gasteiger partial charge in [-0.2, -0.15) is 5.26 Å². The van der Waals surface area contributed by atoms with Gasteiger partial charge >= 0.3 is 0 Å². The number of hydrogen-bond acceptors (Lipinski definition) is 3. The van der Waals surface area contributed by atoms with E-state index in [4.69, 9.17) is 4.74 Å². The summed E-state index contributed by atoms with van der Waals surface area (Å²) < 4.78 is 6.00. The lowest BCUT2D eigenvalue weighted by Gasteiger charge is -2.23. The van der Waals surface area contributed by atoms with Gasteiger partial charge in [0.25, 0.3) is 0 Å². The minimum atomic E-state index is 0.138. The molecule has 106 valence electrons. The van der Waals surface area contributed by atoms with Gasteiger partial charge in [0.2, 0.25) is 0 Å². The molecule has 0 saturated heterocycles. The highest BCUT2D eigenvalue weighted by Crippen LogP contribution is 2.30. The first-order chi connectivity index (χ1) is 10.2. The summed E-state index contributed by atoms with van der Waals surface area (Å²) >= 11 is 0. The van der Waals surface area contributed by atoms with Crippen LogP contribution in [0.2, 0.25) is 0 Å². The molecule has 2 aromatic rings. The van der Waals surface area contributed by atoms with E-state index >= 15 is 0 Å². The minimum absolute atomic E-state index is 0.138. The number of rotatable bonds is 3. The van der Waals surface area contributed by atoms with E-state index in [9.17, 15) is 5.26 Å². The van der Waals surface area contributed by atoms with E-state index in [0.717, 1.165) is 24.4 Å². The number of ether oxygens (including phenoxy) is 1. The summed E-state index contributed by atoms with van der Waals surface area (Å²) in [5.41, 5.74) is 4.20. The molecule has 1 aliphatic heterocycles. The van der Waals surface area contributed by atoms with Crippen LogP contribution in [0.3, 0.4) is 0 Å². The number of nitriles is 1. The summed E-state index contributed by atoms with van der Waals surface area (Å²) in [4.78, 5) is 2.10. The molecule has 2 aromatic carbocycles. The lowest BCUT2D eigenvalue weighted by atomic mass is 10.1. The topological polar surface area (TPSA) is 36.3 Å². The third kappa shape index (κ3) is 2.71.